The summed E-state index contributed by atoms with van der Waals surface area (Å²) in [5.74, 6) is 0.721. The highest BCUT2D eigenvalue weighted by molar-refractivity contribution is 6.03. The highest BCUT2D eigenvalue weighted by Gasteiger charge is 2.13. The van der Waals surface area contributed by atoms with Crippen LogP contribution in [0.5, 0.6) is 0 Å². The van der Waals surface area contributed by atoms with E-state index in [4.69, 9.17) is 4.42 Å². The number of carbonyl (C=O) groups excluding carboxylic acids is 2. The highest BCUT2D eigenvalue weighted by atomic mass is 16.4. The molecular weight excluding hydrogens is 342 g/mol. The number of aromatic nitrogens is 1. The summed E-state index contributed by atoms with van der Waals surface area (Å²) in [6.45, 7) is 2.02. The largest absolute Gasteiger partial charge is 0.441 e. The summed E-state index contributed by atoms with van der Waals surface area (Å²) in [7, 11) is 1.55. The number of amides is 2. The molecule has 3 aromatic rings. The molecule has 2 aromatic carbocycles. The average Bonchev–Trinajstić information content (AvgIpc) is 3.16. The van der Waals surface area contributed by atoms with Gasteiger partial charge >= 0.3 is 0 Å². The number of hydrogen-bond acceptors (Lipinski definition) is 4. The van der Waals surface area contributed by atoms with Gasteiger partial charge in [-0.05, 0) is 19.1 Å². The molecule has 2 N–H and O–H groups in total. The molecule has 27 heavy (non-hydrogen) atoms. The standard InChI is InChI=1S/C21H21N3O3/c1-14-7-9-15(10-8-14)18-13-23-20(27-18)12-11-19(25)24-17-6-4-3-5-16(17)21(26)22-2/h3-10,13H,11-12H2,1-2H3,(H,22,26)(H,24,25). The zero-order chi connectivity index (χ0) is 19.2. The van der Waals surface area contributed by atoms with Crippen molar-refractivity contribution in [1.82, 2.24) is 10.3 Å². The molecule has 0 fully saturated rings. The Morgan fingerprint density at radius 2 is 1.81 bits per heavy atom. The average molecular weight is 363 g/mol. The fraction of sp³-hybridized carbons (Fsp3) is 0.190. The van der Waals surface area contributed by atoms with Crippen molar-refractivity contribution in [2.75, 3.05) is 12.4 Å². The van der Waals surface area contributed by atoms with E-state index in [1.54, 1.807) is 37.5 Å². The number of rotatable bonds is 6. The predicted octanol–water partition coefficient (Wildman–Crippen LogP) is 3.58. The summed E-state index contributed by atoms with van der Waals surface area (Å²) in [4.78, 5) is 28.4. The molecule has 0 saturated heterocycles. The minimum Gasteiger partial charge on any atom is -0.441 e. The number of carbonyl (C=O) groups is 2. The van der Waals surface area contributed by atoms with E-state index in [-0.39, 0.29) is 18.2 Å². The smallest absolute Gasteiger partial charge is 0.253 e. The van der Waals surface area contributed by atoms with Crippen molar-refractivity contribution < 1.29 is 14.0 Å². The van der Waals surface area contributed by atoms with Gasteiger partial charge in [-0.3, -0.25) is 9.59 Å². The fourth-order valence-corrected chi connectivity index (χ4v) is 2.64. The van der Waals surface area contributed by atoms with Gasteiger partial charge in [0.2, 0.25) is 5.91 Å². The van der Waals surface area contributed by atoms with Gasteiger partial charge in [0.15, 0.2) is 11.7 Å². The molecule has 0 unspecified atom stereocenters. The number of nitrogens with one attached hydrogen (secondary N) is 2. The molecule has 1 aromatic heterocycles. The normalized spacial score (nSPS) is 10.4. The van der Waals surface area contributed by atoms with Crippen molar-refractivity contribution in [3.63, 3.8) is 0 Å². The van der Waals surface area contributed by atoms with Crippen molar-refractivity contribution in [2.45, 2.75) is 19.8 Å². The first-order valence-electron chi connectivity index (χ1n) is 8.69. The second-order valence-electron chi connectivity index (χ2n) is 6.16. The van der Waals surface area contributed by atoms with Crippen molar-refractivity contribution >= 4 is 17.5 Å². The third kappa shape index (κ3) is 4.61. The van der Waals surface area contributed by atoms with Gasteiger partial charge in [-0.1, -0.05) is 42.0 Å². The van der Waals surface area contributed by atoms with Crippen LogP contribution in [0.15, 0.2) is 59.1 Å². The first-order chi connectivity index (χ1) is 13.1. The van der Waals surface area contributed by atoms with E-state index >= 15 is 0 Å². The predicted molar refractivity (Wildman–Crippen MR) is 103 cm³/mol. The van der Waals surface area contributed by atoms with Crippen molar-refractivity contribution in [3.05, 3.63) is 71.7 Å². The van der Waals surface area contributed by atoms with Crippen LogP contribution in [0.2, 0.25) is 0 Å². The Labute approximate surface area is 157 Å². The Morgan fingerprint density at radius 1 is 1.07 bits per heavy atom. The lowest BCUT2D eigenvalue weighted by Gasteiger charge is -2.09. The number of hydrogen-bond donors (Lipinski definition) is 2. The van der Waals surface area contributed by atoms with E-state index in [9.17, 15) is 9.59 Å². The molecule has 0 radical (unpaired) electrons. The maximum Gasteiger partial charge on any atom is 0.253 e. The maximum absolute atomic E-state index is 12.3. The number of para-hydroxylation sites is 1. The van der Waals surface area contributed by atoms with Crippen LogP contribution in [0.25, 0.3) is 11.3 Å². The molecule has 0 aliphatic rings. The van der Waals surface area contributed by atoms with Crippen LogP contribution in [0.3, 0.4) is 0 Å². The van der Waals surface area contributed by atoms with E-state index in [2.05, 4.69) is 15.6 Å². The number of nitrogens with zero attached hydrogens (tertiary/aromatic N) is 1. The molecule has 0 saturated carbocycles. The summed E-state index contributed by atoms with van der Waals surface area (Å²) in [5, 5.41) is 5.33. The summed E-state index contributed by atoms with van der Waals surface area (Å²) in [5.41, 5.74) is 3.02. The molecule has 0 aliphatic carbocycles. The number of oxazole rings is 1. The van der Waals surface area contributed by atoms with Crippen LogP contribution in [0.4, 0.5) is 5.69 Å². The summed E-state index contributed by atoms with van der Waals surface area (Å²) in [6, 6.07) is 14.8. The molecule has 0 atom stereocenters. The molecule has 6 heteroatoms. The number of aryl methyl sites for hydroxylation is 2. The SMILES string of the molecule is CNC(=O)c1ccccc1NC(=O)CCc1ncc(-c2ccc(C)cc2)o1. The van der Waals surface area contributed by atoms with Crippen LogP contribution in [0, 0.1) is 6.92 Å². The molecular formula is C21H21N3O3. The topological polar surface area (TPSA) is 84.2 Å². The summed E-state index contributed by atoms with van der Waals surface area (Å²) < 4.78 is 5.73. The molecule has 138 valence electrons. The molecule has 0 bridgehead atoms. The van der Waals surface area contributed by atoms with Gasteiger partial charge in [-0.2, -0.15) is 0 Å². The Kier molecular flexibility index (Phi) is 5.66. The van der Waals surface area contributed by atoms with Gasteiger partial charge < -0.3 is 15.1 Å². The lowest BCUT2D eigenvalue weighted by atomic mass is 10.1. The molecule has 2 amide bonds. The summed E-state index contributed by atoms with van der Waals surface area (Å²) >= 11 is 0. The van der Waals surface area contributed by atoms with Gasteiger partial charge in [0.05, 0.1) is 17.4 Å². The first kappa shape index (κ1) is 18.4. The van der Waals surface area contributed by atoms with Crippen molar-refractivity contribution in [2.24, 2.45) is 0 Å². The van der Waals surface area contributed by atoms with Gasteiger partial charge in [-0.25, -0.2) is 4.98 Å². The second kappa shape index (κ2) is 8.31. The van der Waals surface area contributed by atoms with Crippen LogP contribution >= 0.6 is 0 Å². The molecule has 0 spiro atoms. The lowest BCUT2D eigenvalue weighted by molar-refractivity contribution is -0.116. The quantitative estimate of drug-likeness (QED) is 0.701. The Hall–Kier alpha value is -3.41. The Balaban J connectivity index is 1.60. The second-order valence-corrected chi connectivity index (χ2v) is 6.16. The zero-order valence-electron chi connectivity index (χ0n) is 15.3. The minimum atomic E-state index is -0.249. The maximum atomic E-state index is 12.3. The van der Waals surface area contributed by atoms with Gasteiger partial charge in [0, 0.05) is 25.5 Å². The molecule has 1 heterocycles. The fourth-order valence-electron chi connectivity index (χ4n) is 2.64. The van der Waals surface area contributed by atoms with Crippen molar-refractivity contribution in [1.29, 1.82) is 0 Å². The van der Waals surface area contributed by atoms with E-state index in [1.165, 1.54) is 5.56 Å². The highest BCUT2D eigenvalue weighted by Crippen LogP contribution is 2.21. The van der Waals surface area contributed by atoms with Crippen molar-refractivity contribution in [3.8, 4) is 11.3 Å². The van der Waals surface area contributed by atoms with Crippen LogP contribution < -0.4 is 10.6 Å². The first-order valence-corrected chi connectivity index (χ1v) is 8.69. The van der Waals surface area contributed by atoms with Crippen LogP contribution in [-0.4, -0.2) is 23.8 Å². The van der Waals surface area contributed by atoms with E-state index < -0.39 is 0 Å². The molecule has 0 aliphatic heterocycles. The Morgan fingerprint density at radius 3 is 2.56 bits per heavy atom. The summed E-state index contributed by atoms with van der Waals surface area (Å²) in [6.07, 6.45) is 2.24. The third-order valence-electron chi connectivity index (χ3n) is 4.13. The van der Waals surface area contributed by atoms with Crippen LogP contribution in [-0.2, 0) is 11.2 Å². The number of anilines is 1. The molecule has 3 rings (SSSR count). The minimum absolute atomic E-state index is 0.204. The van der Waals surface area contributed by atoms with E-state index in [0.29, 0.717) is 29.3 Å². The van der Waals surface area contributed by atoms with E-state index in [0.717, 1.165) is 5.56 Å². The van der Waals surface area contributed by atoms with Crippen LogP contribution in [0.1, 0.15) is 28.2 Å². The number of benzene rings is 2. The van der Waals surface area contributed by atoms with Gasteiger partial charge in [-0.15, -0.1) is 0 Å². The van der Waals surface area contributed by atoms with E-state index in [1.807, 2.05) is 31.2 Å². The Bertz CT molecular complexity index is 945. The monoisotopic (exact) mass is 363 g/mol. The molecule has 6 nitrogen and oxygen atoms in total. The third-order valence-corrected chi connectivity index (χ3v) is 4.13. The lowest BCUT2D eigenvalue weighted by Crippen LogP contribution is -2.21. The van der Waals surface area contributed by atoms with Gasteiger partial charge in [0.1, 0.15) is 0 Å². The van der Waals surface area contributed by atoms with Gasteiger partial charge in [0.25, 0.3) is 5.91 Å². The zero-order valence-corrected chi connectivity index (χ0v) is 15.3.